The van der Waals surface area contributed by atoms with Gasteiger partial charge in [-0.3, -0.25) is 0 Å². The van der Waals surface area contributed by atoms with Crippen LogP contribution in [-0.4, -0.2) is 35.3 Å². The van der Waals surface area contributed by atoms with Crippen molar-refractivity contribution in [2.45, 2.75) is 24.6 Å². The summed E-state index contributed by atoms with van der Waals surface area (Å²) in [6.07, 6.45) is 1.25. The fraction of sp³-hybridized carbons (Fsp3) is 1.00. The summed E-state index contributed by atoms with van der Waals surface area (Å²) in [6, 6.07) is 0.646. The van der Waals surface area contributed by atoms with Crippen LogP contribution in [0.2, 0.25) is 0 Å². The number of hydrogen-bond acceptors (Lipinski definition) is 3. The summed E-state index contributed by atoms with van der Waals surface area (Å²) < 4.78 is 0. The zero-order valence-electron chi connectivity index (χ0n) is 6.34. The van der Waals surface area contributed by atoms with Gasteiger partial charge in [0.25, 0.3) is 0 Å². The minimum Gasteiger partial charge on any atom is -0.395 e. The molecule has 2 unspecified atom stereocenters. The van der Waals surface area contributed by atoms with Crippen molar-refractivity contribution in [3.05, 3.63) is 0 Å². The molecule has 0 aromatic heterocycles. The molecule has 2 atom stereocenters. The summed E-state index contributed by atoms with van der Waals surface area (Å²) in [6.45, 7) is 3.26. The highest BCUT2D eigenvalue weighted by molar-refractivity contribution is 8.00. The molecule has 0 aromatic rings. The fourth-order valence-corrected chi connectivity index (χ4v) is 2.41. The van der Waals surface area contributed by atoms with Gasteiger partial charge in [0, 0.05) is 23.6 Å². The number of thioether (sulfide) groups is 1. The fourth-order valence-electron chi connectivity index (χ4n) is 1.23. The van der Waals surface area contributed by atoms with Crippen molar-refractivity contribution in [2.24, 2.45) is 0 Å². The first-order valence-electron chi connectivity index (χ1n) is 3.78. The standard InChI is InChI=1S/C7H15NOS/c1-6-4-7(5-10-6)8-2-3-9/h6-9H,2-5H2,1H3. The molecule has 10 heavy (non-hydrogen) atoms. The van der Waals surface area contributed by atoms with Gasteiger partial charge in [-0.05, 0) is 6.42 Å². The Labute approximate surface area is 66.4 Å². The Kier molecular flexibility index (Phi) is 3.52. The van der Waals surface area contributed by atoms with E-state index in [4.69, 9.17) is 5.11 Å². The molecule has 0 bridgehead atoms. The molecule has 0 radical (unpaired) electrons. The number of aliphatic hydroxyl groups excluding tert-OH is 1. The summed E-state index contributed by atoms with van der Waals surface area (Å²) in [4.78, 5) is 0. The molecule has 0 aliphatic carbocycles. The van der Waals surface area contributed by atoms with E-state index >= 15 is 0 Å². The first-order valence-corrected chi connectivity index (χ1v) is 4.83. The van der Waals surface area contributed by atoms with Crippen LogP contribution < -0.4 is 5.32 Å². The van der Waals surface area contributed by atoms with Crippen LogP contribution in [0.15, 0.2) is 0 Å². The maximum Gasteiger partial charge on any atom is 0.0556 e. The molecule has 0 spiro atoms. The van der Waals surface area contributed by atoms with Crippen LogP contribution in [0.5, 0.6) is 0 Å². The van der Waals surface area contributed by atoms with E-state index in [2.05, 4.69) is 12.2 Å². The molecule has 0 amide bonds. The van der Waals surface area contributed by atoms with Gasteiger partial charge in [-0.1, -0.05) is 6.92 Å². The minimum absolute atomic E-state index is 0.259. The van der Waals surface area contributed by atoms with E-state index in [-0.39, 0.29) is 6.61 Å². The molecule has 0 saturated carbocycles. The molecule has 1 aliphatic rings. The van der Waals surface area contributed by atoms with Crippen LogP contribution in [0.4, 0.5) is 0 Å². The number of hydrogen-bond donors (Lipinski definition) is 2. The van der Waals surface area contributed by atoms with E-state index in [9.17, 15) is 0 Å². The summed E-state index contributed by atoms with van der Waals surface area (Å²) in [7, 11) is 0. The molecule has 2 N–H and O–H groups in total. The maximum absolute atomic E-state index is 8.52. The molecular weight excluding hydrogens is 146 g/mol. The quantitative estimate of drug-likeness (QED) is 0.631. The van der Waals surface area contributed by atoms with Gasteiger partial charge in [-0.2, -0.15) is 11.8 Å². The Morgan fingerprint density at radius 1 is 1.70 bits per heavy atom. The molecule has 1 aliphatic heterocycles. The molecule has 3 heteroatoms. The molecule has 60 valence electrons. The van der Waals surface area contributed by atoms with E-state index < -0.39 is 0 Å². The number of nitrogens with one attached hydrogen (secondary N) is 1. The lowest BCUT2D eigenvalue weighted by molar-refractivity contribution is 0.285. The van der Waals surface area contributed by atoms with Gasteiger partial charge < -0.3 is 10.4 Å². The van der Waals surface area contributed by atoms with Crippen molar-refractivity contribution < 1.29 is 5.11 Å². The van der Waals surface area contributed by atoms with E-state index in [1.54, 1.807) is 0 Å². The van der Waals surface area contributed by atoms with Crippen molar-refractivity contribution in [1.82, 2.24) is 5.32 Å². The average Bonchev–Trinajstić information content (AvgIpc) is 2.31. The Morgan fingerprint density at radius 2 is 2.50 bits per heavy atom. The lowest BCUT2D eigenvalue weighted by atomic mass is 10.2. The van der Waals surface area contributed by atoms with Gasteiger partial charge >= 0.3 is 0 Å². The Bertz CT molecular complexity index is 99.6. The summed E-state index contributed by atoms with van der Waals surface area (Å²) in [5, 5.41) is 12.6. The Hall–Kier alpha value is 0.270. The summed E-state index contributed by atoms with van der Waals surface area (Å²) >= 11 is 2.01. The predicted octanol–water partition coefficient (Wildman–Crippen LogP) is 0.462. The first kappa shape index (κ1) is 8.37. The van der Waals surface area contributed by atoms with Gasteiger partial charge in [0.15, 0.2) is 0 Å². The molecular formula is C7H15NOS. The Balaban J connectivity index is 2.06. The van der Waals surface area contributed by atoms with Crippen LogP contribution in [0.1, 0.15) is 13.3 Å². The van der Waals surface area contributed by atoms with Crippen LogP contribution in [0.25, 0.3) is 0 Å². The molecule has 2 nitrogen and oxygen atoms in total. The maximum atomic E-state index is 8.52. The second-order valence-electron chi connectivity index (χ2n) is 2.75. The van der Waals surface area contributed by atoms with E-state index in [1.807, 2.05) is 11.8 Å². The van der Waals surface area contributed by atoms with E-state index in [0.29, 0.717) is 6.04 Å². The first-order chi connectivity index (χ1) is 4.83. The smallest absolute Gasteiger partial charge is 0.0556 e. The summed E-state index contributed by atoms with van der Waals surface area (Å²) in [5.74, 6) is 1.21. The third kappa shape index (κ3) is 2.48. The second kappa shape index (κ2) is 4.21. The highest BCUT2D eigenvalue weighted by atomic mass is 32.2. The lowest BCUT2D eigenvalue weighted by Crippen LogP contribution is -2.31. The normalized spacial score (nSPS) is 33.0. The molecule has 1 heterocycles. The van der Waals surface area contributed by atoms with Gasteiger partial charge in [0.1, 0.15) is 0 Å². The zero-order valence-corrected chi connectivity index (χ0v) is 7.16. The Morgan fingerprint density at radius 3 is 3.00 bits per heavy atom. The molecule has 1 saturated heterocycles. The van der Waals surface area contributed by atoms with Crippen LogP contribution in [0.3, 0.4) is 0 Å². The third-order valence-electron chi connectivity index (χ3n) is 1.74. The lowest BCUT2D eigenvalue weighted by Gasteiger charge is -2.08. The number of rotatable bonds is 3. The topological polar surface area (TPSA) is 32.3 Å². The van der Waals surface area contributed by atoms with Crippen molar-refractivity contribution in [1.29, 1.82) is 0 Å². The van der Waals surface area contributed by atoms with Gasteiger partial charge in [-0.25, -0.2) is 0 Å². The molecule has 0 aromatic carbocycles. The van der Waals surface area contributed by atoms with Crippen molar-refractivity contribution in [2.75, 3.05) is 18.9 Å². The number of aliphatic hydroxyl groups is 1. The van der Waals surface area contributed by atoms with E-state index in [0.717, 1.165) is 11.8 Å². The van der Waals surface area contributed by atoms with Crippen molar-refractivity contribution >= 4 is 11.8 Å². The van der Waals surface area contributed by atoms with Crippen LogP contribution in [0, 0.1) is 0 Å². The van der Waals surface area contributed by atoms with Crippen molar-refractivity contribution in [3.8, 4) is 0 Å². The summed E-state index contributed by atoms with van der Waals surface area (Å²) in [5.41, 5.74) is 0. The van der Waals surface area contributed by atoms with Gasteiger partial charge in [0.2, 0.25) is 0 Å². The highest BCUT2D eigenvalue weighted by Crippen LogP contribution is 2.25. The van der Waals surface area contributed by atoms with Crippen LogP contribution >= 0.6 is 11.8 Å². The predicted molar refractivity (Wildman–Crippen MR) is 45.4 cm³/mol. The third-order valence-corrected chi connectivity index (χ3v) is 3.10. The largest absolute Gasteiger partial charge is 0.395 e. The van der Waals surface area contributed by atoms with Gasteiger partial charge in [-0.15, -0.1) is 0 Å². The highest BCUT2D eigenvalue weighted by Gasteiger charge is 2.20. The van der Waals surface area contributed by atoms with Gasteiger partial charge in [0.05, 0.1) is 6.61 Å². The zero-order chi connectivity index (χ0) is 7.40. The molecule has 1 fully saturated rings. The second-order valence-corrected chi connectivity index (χ2v) is 4.23. The molecule has 1 rings (SSSR count). The van der Waals surface area contributed by atoms with E-state index in [1.165, 1.54) is 12.2 Å². The minimum atomic E-state index is 0.259. The van der Waals surface area contributed by atoms with Crippen molar-refractivity contribution in [3.63, 3.8) is 0 Å². The average molecular weight is 161 g/mol. The van der Waals surface area contributed by atoms with Crippen LogP contribution in [-0.2, 0) is 0 Å². The SMILES string of the molecule is CC1CC(NCCO)CS1. The monoisotopic (exact) mass is 161 g/mol.